The number of benzene rings is 4. The van der Waals surface area contributed by atoms with Crippen molar-refractivity contribution in [3.05, 3.63) is 120 Å². The van der Waals surface area contributed by atoms with Gasteiger partial charge in [-0.3, -0.25) is 4.79 Å². The minimum atomic E-state index is -3.34. The van der Waals surface area contributed by atoms with E-state index in [2.05, 4.69) is 5.32 Å². The van der Waals surface area contributed by atoms with Crippen LogP contribution in [0.15, 0.2) is 108 Å². The molecule has 0 radical (unpaired) electrons. The SMILES string of the molecule is CN(C)c1cccc(C(NC(=O)c2ccccc2Oc2ccccc2)c2ccc(S(C)(=O)=O)cc2)c1. The first kappa shape index (κ1) is 25.0. The lowest BCUT2D eigenvalue weighted by Crippen LogP contribution is -2.29. The topological polar surface area (TPSA) is 75.7 Å². The molecule has 1 amide bonds. The highest BCUT2D eigenvalue weighted by Gasteiger charge is 2.21. The number of hydrogen-bond acceptors (Lipinski definition) is 5. The van der Waals surface area contributed by atoms with Crippen LogP contribution >= 0.6 is 0 Å². The minimum Gasteiger partial charge on any atom is -0.457 e. The zero-order valence-electron chi connectivity index (χ0n) is 20.4. The van der Waals surface area contributed by atoms with Crippen molar-refractivity contribution in [2.75, 3.05) is 25.3 Å². The van der Waals surface area contributed by atoms with Crippen molar-refractivity contribution in [2.24, 2.45) is 0 Å². The molecule has 0 aromatic heterocycles. The number of sulfone groups is 1. The fourth-order valence-corrected chi connectivity index (χ4v) is 4.45. The zero-order valence-corrected chi connectivity index (χ0v) is 21.2. The summed E-state index contributed by atoms with van der Waals surface area (Å²) in [6, 6.07) is 30.3. The molecule has 0 saturated heterocycles. The molecule has 0 spiro atoms. The number of hydrogen-bond donors (Lipinski definition) is 1. The fraction of sp³-hybridized carbons (Fsp3) is 0.138. The number of nitrogens with zero attached hydrogens (tertiary/aromatic N) is 1. The van der Waals surface area contributed by atoms with Crippen molar-refractivity contribution in [1.29, 1.82) is 0 Å². The van der Waals surface area contributed by atoms with Gasteiger partial charge in [0.1, 0.15) is 11.5 Å². The number of rotatable bonds is 8. The Labute approximate surface area is 212 Å². The standard InChI is InChI=1S/C29H28N2O4S/c1-31(2)23-11-9-10-22(20-23)28(21-16-18-25(19-17-21)36(3,33)34)30-29(32)26-14-7-8-15-27(26)35-24-12-5-4-6-13-24/h4-20,28H,1-3H3,(H,30,32). The average molecular weight is 501 g/mol. The summed E-state index contributed by atoms with van der Waals surface area (Å²) in [4.78, 5) is 15.8. The van der Waals surface area contributed by atoms with Gasteiger partial charge in [0.05, 0.1) is 16.5 Å². The van der Waals surface area contributed by atoms with E-state index in [4.69, 9.17) is 4.74 Å². The maximum atomic E-state index is 13.6. The van der Waals surface area contributed by atoms with Gasteiger partial charge in [0.25, 0.3) is 5.91 Å². The summed E-state index contributed by atoms with van der Waals surface area (Å²) in [6.45, 7) is 0. The molecule has 4 aromatic rings. The molecule has 7 heteroatoms. The van der Waals surface area contributed by atoms with Crippen LogP contribution in [0.2, 0.25) is 0 Å². The maximum Gasteiger partial charge on any atom is 0.255 e. The summed E-state index contributed by atoms with van der Waals surface area (Å²) in [5.41, 5.74) is 2.99. The van der Waals surface area contributed by atoms with Gasteiger partial charge in [-0.1, -0.05) is 54.6 Å². The van der Waals surface area contributed by atoms with E-state index in [1.807, 2.05) is 79.7 Å². The molecule has 184 valence electrons. The van der Waals surface area contributed by atoms with E-state index in [-0.39, 0.29) is 10.8 Å². The molecule has 1 unspecified atom stereocenters. The van der Waals surface area contributed by atoms with Gasteiger partial charge in [-0.05, 0) is 59.7 Å². The van der Waals surface area contributed by atoms with Crippen molar-refractivity contribution < 1.29 is 17.9 Å². The van der Waals surface area contributed by atoms with Gasteiger partial charge in [0.15, 0.2) is 9.84 Å². The zero-order chi connectivity index (χ0) is 25.7. The number of para-hydroxylation sites is 2. The van der Waals surface area contributed by atoms with E-state index >= 15 is 0 Å². The number of nitrogens with one attached hydrogen (secondary N) is 1. The highest BCUT2D eigenvalue weighted by molar-refractivity contribution is 7.90. The summed E-state index contributed by atoms with van der Waals surface area (Å²) in [7, 11) is 0.559. The van der Waals surface area contributed by atoms with Gasteiger partial charge in [-0.25, -0.2) is 8.42 Å². The Bertz CT molecular complexity index is 1450. The molecule has 0 saturated carbocycles. The Morgan fingerprint density at radius 2 is 1.47 bits per heavy atom. The number of anilines is 1. The summed E-state index contributed by atoms with van der Waals surface area (Å²) in [6.07, 6.45) is 1.17. The van der Waals surface area contributed by atoms with Crippen LogP contribution in [0.4, 0.5) is 5.69 Å². The molecule has 1 N–H and O–H groups in total. The fourth-order valence-electron chi connectivity index (χ4n) is 3.82. The second kappa shape index (κ2) is 10.7. The van der Waals surface area contributed by atoms with E-state index < -0.39 is 15.9 Å². The summed E-state index contributed by atoms with van der Waals surface area (Å²) in [5.74, 6) is 0.757. The van der Waals surface area contributed by atoms with Crippen LogP contribution in [-0.4, -0.2) is 34.7 Å². The maximum absolute atomic E-state index is 13.6. The van der Waals surface area contributed by atoms with Crippen LogP contribution in [0.3, 0.4) is 0 Å². The molecule has 0 aliphatic heterocycles. The average Bonchev–Trinajstić information content (AvgIpc) is 2.88. The molecule has 0 heterocycles. The van der Waals surface area contributed by atoms with Crippen molar-refractivity contribution >= 4 is 21.4 Å². The number of carbonyl (C=O) groups is 1. The predicted octanol–water partition coefficient (Wildman–Crippen LogP) is 5.47. The van der Waals surface area contributed by atoms with Gasteiger partial charge in [-0.2, -0.15) is 0 Å². The van der Waals surface area contributed by atoms with Gasteiger partial charge in [0.2, 0.25) is 0 Å². The quantitative estimate of drug-likeness (QED) is 0.347. The lowest BCUT2D eigenvalue weighted by molar-refractivity contribution is 0.0940. The number of ether oxygens (including phenoxy) is 1. The molecular weight excluding hydrogens is 472 g/mol. The van der Waals surface area contributed by atoms with E-state index in [0.29, 0.717) is 17.1 Å². The highest BCUT2D eigenvalue weighted by atomic mass is 32.2. The number of amides is 1. The third kappa shape index (κ3) is 5.93. The van der Waals surface area contributed by atoms with Crippen molar-refractivity contribution in [3.63, 3.8) is 0 Å². The van der Waals surface area contributed by atoms with E-state index in [9.17, 15) is 13.2 Å². The second-order valence-electron chi connectivity index (χ2n) is 8.65. The van der Waals surface area contributed by atoms with E-state index in [0.717, 1.165) is 16.8 Å². The van der Waals surface area contributed by atoms with Crippen molar-refractivity contribution in [2.45, 2.75) is 10.9 Å². The molecule has 6 nitrogen and oxygen atoms in total. The highest BCUT2D eigenvalue weighted by Crippen LogP contribution is 2.29. The molecule has 4 aromatic carbocycles. The van der Waals surface area contributed by atoms with Crippen molar-refractivity contribution in [1.82, 2.24) is 5.32 Å². The van der Waals surface area contributed by atoms with Gasteiger partial charge in [-0.15, -0.1) is 0 Å². The summed E-state index contributed by atoms with van der Waals surface area (Å²) < 4.78 is 29.9. The summed E-state index contributed by atoms with van der Waals surface area (Å²) in [5, 5.41) is 3.13. The Morgan fingerprint density at radius 3 is 2.14 bits per heavy atom. The molecule has 0 bridgehead atoms. The van der Waals surface area contributed by atoms with E-state index in [1.54, 1.807) is 42.5 Å². The molecular formula is C29H28N2O4S. The van der Waals surface area contributed by atoms with Crippen LogP contribution in [0.25, 0.3) is 0 Å². The lowest BCUT2D eigenvalue weighted by Gasteiger charge is -2.23. The van der Waals surface area contributed by atoms with Crippen LogP contribution in [-0.2, 0) is 9.84 Å². The monoisotopic (exact) mass is 500 g/mol. The van der Waals surface area contributed by atoms with Crippen LogP contribution in [0.5, 0.6) is 11.5 Å². The Balaban J connectivity index is 1.71. The second-order valence-corrected chi connectivity index (χ2v) is 10.7. The van der Waals surface area contributed by atoms with Gasteiger partial charge in [0, 0.05) is 26.0 Å². The summed E-state index contributed by atoms with van der Waals surface area (Å²) >= 11 is 0. The smallest absolute Gasteiger partial charge is 0.255 e. The first-order valence-corrected chi connectivity index (χ1v) is 13.3. The van der Waals surface area contributed by atoms with Crippen LogP contribution in [0.1, 0.15) is 27.5 Å². The minimum absolute atomic E-state index is 0.222. The molecule has 4 rings (SSSR count). The molecule has 0 aliphatic rings. The van der Waals surface area contributed by atoms with Gasteiger partial charge < -0.3 is 15.0 Å². The third-order valence-corrected chi connectivity index (χ3v) is 6.87. The molecule has 0 aliphatic carbocycles. The third-order valence-electron chi connectivity index (χ3n) is 5.74. The first-order valence-electron chi connectivity index (χ1n) is 11.4. The number of carbonyl (C=O) groups excluding carboxylic acids is 1. The van der Waals surface area contributed by atoms with E-state index in [1.165, 1.54) is 6.26 Å². The van der Waals surface area contributed by atoms with Gasteiger partial charge >= 0.3 is 0 Å². The normalized spacial score (nSPS) is 12.0. The Hall–Kier alpha value is -4.10. The van der Waals surface area contributed by atoms with Crippen LogP contribution < -0.4 is 15.0 Å². The largest absolute Gasteiger partial charge is 0.457 e. The predicted molar refractivity (Wildman–Crippen MR) is 143 cm³/mol. The molecule has 36 heavy (non-hydrogen) atoms. The Kier molecular flexibility index (Phi) is 7.41. The lowest BCUT2D eigenvalue weighted by atomic mass is 9.97. The Morgan fingerprint density at radius 1 is 0.806 bits per heavy atom. The first-order chi connectivity index (χ1) is 17.2. The molecule has 1 atom stereocenters. The molecule has 0 fully saturated rings. The van der Waals surface area contributed by atoms with Crippen molar-refractivity contribution in [3.8, 4) is 11.5 Å². The van der Waals surface area contributed by atoms with Crippen LogP contribution in [0, 0.1) is 0 Å².